The Labute approximate surface area is 169 Å². The van der Waals surface area contributed by atoms with Crippen LogP contribution in [0.2, 0.25) is 0 Å². The van der Waals surface area contributed by atoms with Gasteiger partial charge in [0.15, 0.2) is 0 Å². The van der Waals surface area contributed by atoms with Crippen molar-refractivity contribution in [2.45, 2.75) is 70.1 Å². The molecule has 1 N–H and O–H groups in total. The van der Waals surface area contributed by atoms with Crippen LogP contribution in [0.1, 0.15) is 57.4 Å². The van der Waals surface area contributed by atoms with Crippen LogP contribution in [0.5, 0.6) is 0 Å². The highest BCUT2D eigenvalue weighted by Crippen LogP contribution is 2.32. The second-order valence-electron chi connectivity index (χ2n) is 8.32. The van der Waals surface area contributed by atoms with Crippen LogP contribution in [0.25, 0.3) is 0 Å². The first kappa shape index (κ1) is 21.1. The molecule has 3 rings (SSSR count). The number of likely N-dealkylation sites (tertiary alicyclic amines) is 1. The Morgan fingerprint density at radius 1 is 1.32 bits per heavy atom. The van der Waals surface area contributed by atoms with Gasteiger partial charge >= 0.3 is 6.03 Å². The van der Waals surface area contributed by atoms with E-state index in [-0.39, 0.29) is 17.7 Å². The number of urea groups is 1. The summed E-state index contributed by atoms with van der Waals surface area (Å²) in [6.45, 7) is 6.11. The van der Waals surface area contributed by atoms with Gasteiger partial charge in [0.05, 0.1) is 12.7 Å². The van der Waals surface area contributed by atoms with Crippen molar-refractivity contribution in [3.8, 4) is 0 Å². The summed E-state index contributed by atoms with van der Waals surface area (Å²) < 4.78 is 6.01. The molecule has 1 aromatic rings. The number of carbonyl (C=O) groups excluding carboxylic acids is 1. The number of carbonyl (C=O) groups is 1. The third-order valence-electron chi connectivity index (χ3n) is 6.57. The lowest BCUT2D eigenvalue weighted by atomic mass is 9.80. The Kier molecular flexibility index (Phi) is 7.68. The average Bonchev–Trinajstić information content (AvgIpc) is 2.77. The highest BCUT2D eigenvalue weighted by molar-refractivity contribution is 5.74. The van der Waals surface area contributed by atoms with Gasteiger partial charge in [-0.05, 0) is 50.9 Å². The Hall–Kier alpha value is -1.66. The van der Waals surface area contributed by atoms with Crippen LogP contribution in [0.3, 0.4) is 0 Å². The number of aromatic nitrogens is 1. The molecular weight excluding hydrogens is 352 g/mol. The molecule has 1 saturated heterocycles. The number of hydrogen-bond donors (Lipinski definition) is 1. The first-order valence-corrected chi connectivity index (χ1v) is 10.9. The highest BCUT2D eigenvalue weighted by atomic mass is 16.5. The van der Waals surface area contributed by atoms with E-state index in [1.54, 1.807) is 6.20 Å². The maximum absolute atomic E-state index is 12.7. The molecule has 0 atom stereocenters. The summed E-state index contributed by atoms with van der Waals surface area (Å²) in [4.78, 5) is 21.2. The van der Waals surface area contributed by atoms with Gasteiger partial charge in [0.25, 0.3) is 0 Å². The van der Waals surface area contributed by atoms with Crippen LogP contribution in [0.15, 0.2) is 24.5 Å². The number of pyridine rings is 1. The number of amides is 2. The monoisotopic (exact) mass is 388 g/mol. The molecule has 1 saturated carbocycles. The predicted molar refractivity (Wildman–Crippen MR) is 111 cm³/mol. The molecule has 28 heavy (non-hydrogen) atoms. The minimum absolute atomic E-state index is 0.0835. The standard InChI is InChI=1S/C22H36N4O2/c1-3-25(2)22(11-5-4-6-12-22)18-24-21(27)26-14-9-20(10-15-26)28-17-19-8-7-13-23-16-19/h7-8,13,16,20H,3-6,9-12,14-15,17-18H2,1-2H3,(H,24,27). The number of nitrogens with zero attached hydrogens (tertiary/aromatic N) is 3. The molecule has 0 spiro atoms. The van der Waals surface area contributed by atoms with Crippen LogP contribution in [-0.2, 0) is 11.3 Å². The van der Waals surface area contributed by atoms with Gasteiger partial charge in [-0.25, -0.2) is 4.79 Å². The summed E-state index contributed by atoms with van der Waals surface area (Å²) >= 11 is 0. The Morgan fingerprint density at radius 3 is 2.71 bits per heavy atom. The van der Waals surface area contributed by atoms with Crippen molar-refractivity contribution >= 4 is 6.03 Å². The van der Waals surface area contributed by atoms with Crippen LogP contribution < -0.4 is 5.32 Å². The SMILES string of the molecule is CCN(C)C1(CNC(=O)N2CCC(OCc3cccnc3)CC2)CCCCC1. The Morgan fingerprint density at radius 2 is 2.07 bits per heavy atom. The Bertz CT molecular complexity index is 596. The normalized spacial score (nSPS) is 20.3. The van der Waals surface area contributed by atoms with Crippen LogP contribution in [0.4, 0.5) is 4.79 Å². The molecule has 2 heterocycles. The van der Waals surface area contributed by atoms with E-state index in [0.29, 0.717) is 6.61 Å². The van der Waals surface area contributed by atoms with E-state index in [0.717, 1.165) is 44.6 Å². The molecule has 2 fully saturated rings. The van der Waals surface area contributed by atoms with Crippen molar-refractivity contribution in [3.63, 3.8) is 0 Å². The lowest BCUT2D eigenvalue weighted by Gasteiger charge is -2.45. The van der Waals surface area contributed by atoms with Crippen molar-refractivity contribution in [2.24, 2.45) is 0 Å². The van der Waals surface area contributed by atoms with Gasteiger partial charge < -0.3 is 15.0 Å². The zero-order valence-corrected chi connectivity index (χ0v) is 17.5. The molecule has 0 bridgehead atoms. The molecule has 6 nitrogen and oxygen atoms in total. The Balaban J connectivity index is 1.42. The van der Waals surface area contributed by atoms with Crippen molar-refractivity contribution in [2.75, 3.05) is 33.2 Å². The zero-order valence-electron chi connectivity index (χ0n) is 17.5. The first-order chi connectivity index (χ1) is 13.6. The number of piperidine rings is 1. The van der Waals surface area contributed by atoms with Gasteiger partial charge in [-0.3, -0.25) is 9.88 Å². The van der Waals surface area contributed by atoms with Gasteiger partial charge in [0.1, 0.15) is 0 Å². The van der Waals surface area contributed by atoms with Gasteiger partial charge in [0.2, 0.25) is 0 Å². The largest absolute Gasteiger partial charge is 0.373 e. The van der Waals surface area contributed by atoms with Gasteiger partial charge in [-0.1, -0.05) is 32.3 Å². The van der Waals surface area contributed by atoms with Crippen LogP contribution in [-0.4, -0.2) is 65.7 Å². The number of likely N-dealkylation sites (N-methyl/N-ethyl adjacent to an activating group) is 1. The third kappa shape index (κ3) is 5.45. The van der Waals surface area contributed by atoms with Crippen molar-refractivity contribution in [1.29, 1.82) is 0 Å². The summed E-state index contributed by atoms with van der Waals surface area (Å²) in [6, 6.07) is 4.05. The van der Waals surface area contributed by atoms with Gasteiger partial charge in [-0.15, -0.1) is 0 Å². The summed E-state index contributed by atoms with van der Waals surface area (Å²) in [5, 5.41) is 3.25. The van der Waals surface area contributed by atoms with E-state index in [4.69, 9.17) is 4.74 Å². The van der Waals surface area contributed by atoms with Crippen molar-refractivity contribution < 1.29 is 9.53 Å². The second-order valence-corrected chi connectivity index (χ2v) is 8.32. The van der Waals surface area contributed by atoms with E-state index in [2.05, 4.69) is 29.2 Å². The van der Waals surface area contributed by atoms with Crippen molar-refractivity contribution in [3.05, 3.63) is 30.1 Å². The first-order valence-electron chi connectivity index (χ1n) is 10.9. The van der Waals surface area contributed by atoms with Crippen LogP contribution >= 0.6 is 0 Å². The molecule has 2 aliphatic rings. The third-order valence-corrected chi connectivity index (χ3v) is 6.57. The van der Waals surface area contributed by atoms with E-state index < -0.39 is 0 Å². The molecule has 1 aromatic heterocycles. The molecular formula is C22H36N4O2. The summed E-state index contributed by atoms with van der Waals surface area (Å²) in [5.41, 5.74) is 1.23. The van der Waals surface area contributed by atoms with Gasteiger partial charge in [-0.2, -0.15) is 0 Å². The fraction of sp³-hybridized carbons (Fsp3) is 0.727. The van der Waals surface area contributed by atoms with Gasteiger partial charge in [0, 0.05) is 37.6 Å². The number of hydrogen-bond acceptors (Lipinski definition) is 4. The molecule has 0 aromatic carbocycles. The summed E-state index contributed by atoms with van der Waals surface area (Å²) in [7, 11) is 2.20. The lowest BCUT2D eigenvalue weighted by Crippen LogP contribution is -2.57. The van der Waals surface area contributed by atoms with E-state index >= 15 is 0 Å². The van der Waals surface area contributed by atoms with E-state index in [1.165, 1.54) is 32.1 Å². The smallest absolute Gasteiger partial charge is 0.317 e. The molecule has 6 heteroatoms. The number of nitrogens with one attached hydrogen (secondary N) is 1. The zero-order chi connectivity index (χ0) is 19.8. The van der Waals surface area contributed by atoms with E-state index in [1.807, 2.05) is 23.2 Å². The molecule has 0 unspecified atom stereocenters. The summed E-state index contributed by atoms with van der Waals surface area (Å²) in [6.07, 6.45) is 11.8. The second kappa shape index (κ2) is 10.2. The average molecular weight is 389 g/mol. The molecule has 1 aliphatic heterocycles. The maximum atomic E-state index is 12.7. The highest BCUT2D eigenvalue weighted by Gasteiger charge is 2.36. The van der Waals surface area contributed by atoms with Crippen LogP contribution in [0, 0.1) is 0 Å². The predicted octanol–water partition coefficient (Wildman–Crippen LogP) is 3.43. The lowest BCUT2D eigenvalue weighted by molar-refractivity contribution is 0.00379. The quantitative estimate of drug-likeness (QED) is 0.777. The van der Waals surface area contributed by atoms with E-state index in [9.17, 15) is 4.79 Å². The fourth-order valence-electron chi connectivity index (χ4n) is 4.51. The summed E-state index contributed by atoms with van der Waals surface area (Å²) in [5.74, 6) is 0. The number of ether oxygens (including phenoxy) is 1. The van der Waals surface area contributed by atoms with Crippen molar-refractivity contribution in [1.82, 2.24) is 20.1 Å². The number of rotatable bonds is 7. The maximum Gasteiger partial charge on any atom is 0.317 e. The molecule has 0 radical (unpaired) electrons. The fourth-order valence-corrected chi connectivity index (χ4v) is 4.51. The molecule has 1 aliphatic carbocycles. The topological polar surface area (TPSA) is 57.7 Å². The minimum Gasteiger partial charge on any atom is -0.373 e. The molecule has 2 amide bonds. The minimum atomic E-state index is 0.0835. The molecule has 156 valence electrons.